The molecule has 21 heavy (non-hydrogen) atoms. The molecule has 2 atom stereocenters. The highest BCUT2D eigenvalue weighted by atomic mass is 16.5. The average molecular weight is 287 g/mol. The van der Waals surface area contributed by atoms with E-state index < -0.39 is 6.10 Å². The molecule has 1 saturated heterocycles. The fourth-order valence-corrected chi connectivity index (χ4v) is 3.46. The zero-order valence-electron chi connectivity index (χ0n) is 12.6. The quantitative estimate of drug-likeness (QED) is 0.864. The number of hydrogen-bond donors (Lipinski definition) is 1. The van der Waals surface area contributed by atoms with Gasteiger partial charge in [-0.3, -0.25) is 4.90 Å². The van der Waals surface area contributed by atoms with Crippen molar-refractivity contribution in [2.45, 2.75) is 37.8 Å². The van der Waals surface area contributed by atoms with Gasteiger partial charge in [0.15, 0.2) is 0 Å². The second-order valence-corrected chi connectivity index (χ2v) is 5.97. The summed E-state index contributed by atoms with van der Waals surface area (Å²) >= 11 is 0. The van der Waals surface area contributed by atoms with Crippen molar-refractivity contribution in [1.82, 2.24) is 4.90 Å². The van der Waals surface area contributed by atoms with Gasteiger partial charge in [0.05, 0.1) is 25.4 Å². The van der Waals surface area contributed by atoms with Crippen LogP contribution in [-0.4, -0.2) is 42.4 Å². The van der Waals surface area contributed by atoms with Crippen molar-refractivity contribution in [1.29, 1.82) is 0 Å². The summed E-state index contributed by atoms with van der Waals surface area (Å²) in [5.41, 5.74) is 2.43. The highest BCUT2D eigenvalue weighted by Gasteiger charge is 2.31. The van der Waals surface area contributed by atoms with Gasteiger partial charge in [0, 0.05) is 13.1 Å². The van der Waals surface area contributed by atoms with Gasteiger partial charge in [0.2, 0.25) is 0 Å². The van der Waals surface area contributed by atoms with Crippen LogP contribution in [0, 0.1) is 0 Å². The van der Waals surface area contributed by atoms with Crippen molar-refractivity contribution in [3.63, 3.8) is 0 Å². The monoisotopic (exact) mass is 287 g/mol. The summed E-state index contributed by atoms with van der Waals surface area (Å²) in [5, 5.41) is 11.0. The minimum Gasteiger partial charge on any atom is -0.386 e. The number of ether oxygens (including phenoxy) is 1. The van der Waals surface area contributed by atoms with E-state index in [-0.39, 0.29) is 6.04 Å². The van der Waals surface area contributed by atoms with Gasteiger partial charge < -0.3 is 9.84 Å². The molecule has 1 aromatic carbocycles. The van der Waals surface area contributed by atoms with Crippen molar-refractivity contribution >= 4 is 0 Å². The van der Waals surface area contributed by atoms with Crippen LogP contribution in [0.4, 0.5) is 0 Å². The van der Waals surface area contributed by atoms with E-state index in [1.54, 1.807) is 0 Å². The van der Waals surface area contributed by atoms with Crippen molar-refractivity contribution in [2.75, 3.05) is 26.3 Å². The van der Waals surface area contributed by atoms with Crippen molar-refractivity contribution < 1.29 is 9.84 Å². The maximum absolute atomic E-state index is 11.0. The first kappa shape index (κ1) is 14.8. The fourth-order valence-electron chi connectivity index (χ4n) is 3.46. The summed E-state index contributed by atoms with van der Waals surface area (Å²) in [6.07, 6.45) is 6.70. The van der Waals surface area contributed by atoms with Crippen LogP contribution in [0.2, 0.25) is 0 Å². The second kappa shape index (κ2) is 7.21. The number of aliphatic hydroxyl groups excluding tert-OH is 1. The van der Waals surface area contributed by atoms with E-state index >= 15 is 0 Å². The third-order valence-corrected chi connectivity index (χ3v) is 4.59. The number of benzene rings is 1. The minimum absolute atomic E-state index is 0.108. The number of morpholine rings is 1. The lowest BCUT2D eigenvalue weighted by Crippen LogP contribution is -2.47. The van der Waals surface area contributed by atoms with Crippen molar-refractivity contribution in [2.24, 2.45) is 0 Å². The van der Waals surface area contributed by atoms with Crippen LogP contribution in [0.1, 0.15) is 37.4 Å². The Morgan fingerprint density at radius 1 is 1.05 bits per heavy atom. The van der Waals surface area contributed by atoms with Crippen LogP contribution < -0.4 is 0 Å². The van der Waals surface area contributed by atoms with Gasteiger partial charge >= 0.3 is 0 Å². The molecule has 0 bridgehead atoms. The topological polar surface area (TPSA) is 32.7 Å². The molecule has 1 aliphatic carbocycles. The predicted octanol–water partition coefficient (Wildman–Crippen LogP) is 2.92. The van der Waals surface area contributed by atoms with E-state index in [1.165, 1.54) is 18.4 Å². The largest absolute Gasteiger partial charge is 0.386 e. The first-order valence-electron chi connectivity index (χ1n) is 8.10. The average Bonchev–Trinajstić information content (AvgIpc) is 2.58. The van der Waals surface area contributed by atoms with Crippen LogP contribution in [-0.2, 0) is 4.74 Å². The van der Waals surface area contributed by atoms with E-state index in [2.05, 4.69) is 11.0 Å². The zero-order valence-corrected chi connectivity index (χ0v) is 12.6. The molecule has 1 fully saturated rings. The van der Waals surface area contributed by atoms with Crippen LogP contribution in [0.3, 0.4) is 0 Å². The third kappa shape index (κ3) is 3.54. The molecule has 114 valence electrons. The molecule has 2 aliphatic rings. The van der Waals surface area contributed by atoms with Gasteiger partial charge in [-0.1, -0.05) is 42.0 Å². The van der Waals surface area contributed by atoms with Crippen LogP contribution in [0.25, 0.3) is 0 Å². The summed E-state index contributed by atoms with van der Waals surface area (Å²) in [6, 6.07) is 10.2. The van der Waals surface area contributed by atoms with E-state index in [4.69, 9.17) is 4.74 Å². The molecule has 3 rings (SSSR count). The number of nitrogens with zero attached hydrogens (tertiary/aromatic N) is 1. The second-order valence-electron chi connectivity index (χ2n) is 5.97. The Bertz CT molecular complexity index is 465. The molecule has 0 amide bonds. The Hall–Kier alpha value is -1.16. The van der Waals surface area contributed by atoms with Crippen LogP contribution >= 0.6 is 0 Å². The van der Waals surface area contributed by atoms with Crippen LogP contribution in [0.15, 0.2) is 42.0 Å². The molecule has 0 radical (unpaired) electrons. The van der Waals surface area contributed by atoms with Gasteiger partial charge in [0.25, 0.3) is 0 Å². The third-order valence-electron chi connectivity index (χ3n) is 4.59. The Morgan fingerprint density at radius 2 is 1.81 bits per heavy atom. The Labute approximate surface area is 127 Å². The normalized spacial score (nSPS) is 23.4. The first-order chi connectivity index (χ1) is 10.4. The molecular formula is C18H25NO2. The number of allylic oxidation sites excluding steroid dienone is 1. The highest BCUT2D eigenvalue weighted by Crippen LogP contribution is 2.32. The summed E-state index contributed by atoms with van der Waals surface area (Å²) in [7, 11) is 0. The molecule has 0 saturated carbocycles. The summed E-state index contributed by atoms with van der Waals surface area (Å²) < 4.78 is 5.48. The molecule has 3 nitrogen and oxygen atoms in total. The summed E-state index contributed by atoms with van der Waals surface area (Å²) in [4.78, 5) is 2.40. The lowest BCUT2D eigenvalue weighted by Gasteiger charge is -2.39. The fraction of sp³-hybridized carbons (Fsp3) is 0.556. The maximum Gasteiger partial charge on any atom is 0.0983 e. The van der Waals surface area contributed by atoms with Crippen molar-refractivity contribution in [3.05, 3.63) is 47.5 Å². The van der Waals surface area contributed by atoms with E-state index in [0.29, 0.717) is 0 Å². The van der Waals surface area contributed by atoms with E-state index in [1.807, 2.05) is 30.3 Å². The Balaban J connectivity index is 1.85. The van der Waals surface area contributed by atoms with Crippen LogP contribution in [0.5, 0.6) is 0 Å². The summed E-state index contributed by atoms with van der Waals surface area (Å²) in [5.74, 6) is 0. The van der Waals surface area contributed by atoms with Crippen molar-refractivity contribution in [3.8, 4) is 0 Å². The predicted molar refractivity (Wildman–Crippen MR) is 84.1 cm³/mol. The smallest absolute Gasteiger partial charge is 0.0983 e. The van der Waals surface area contributed by atoms with Gasteiger partial charge in [0.1, 0.15) is 0 Å². The molecule has 3 heteroatoms. The number of hydrogen-bond acceptors (Lipinski definition) is 3. The zero-order chi connectivity index (χ0) is 14.5. The Kier molecular flexibility index (Phi) is 5.07. The lowest BCUT2D eigenvalue weighted by atomic mass is 9.87. The van der Waals surface area contributed by atoms with Gasteiger partial charge in [-0.15, -0.1) is 0 Å². The molecular weight excluding hydrogens is 262 g/mol. The maximum atomic E-state index is 11.0. The minimum atomic E-state index is -0.450. The highest BCUT2D eigenvalue weighted by molar-refractivity contribution is 5.25. The number of rotatable bonds is 4. The molecule has 1 N–H and O–H groups in total. The lowest BCUT2D eigenvalue weighted by molar-refractivity contribution is -0.0123. The summed E-state index contributed by atoms with van der Waals surface area (Å²) in [6.45, 7) is 3.36. The van der Waals surface area contributed by atoms with E-state index in [9.17, 15) is 5.11 Å². The molecule has 0 aromatic heterocycles. The first-order valence-corrected chi connectivity index (χ1v) is 8.10. The molecule has 1 aliphatic heterocycles. The number of aliphatic hydroxyl groups is 1. The van der Waals surface area contributed by atoms with Gasteiger partial charge in [-0.25, -0.2) is 0 Å². The molecule has 1 aromatic rings. The SMILES string of the molecule is O[C@H](c1ccccc1)[C@@H](C1=CCCCC1)N1CCOCC1. The van der Waals surface area contributed by atoms with Gasteiger partial charge in [-0.2, -0.15) is 0 Å². The van der Waals surface area contributed by atoms with E-state index in [0.717, 1.165) is 44.7 Å². The molecule has 0 spiro atoms. The van der Waals surface area contributed by atoms with Gasteiger partial charge in [-0.05, 0) is 31.2 Å². The Morgan fingerprint density at radius 3 is 2.48 bits per heavy atom. The molecule has 0 unspecified atom stereocenters. The standard InChI is InChI=1S/C18H25NO2/c20-18(16-9-5-2-6-10-16)17(15-7-3-1-4-8-15)19-11-13-21-14-12-19/h2,5-7,9-10,17-18,20H,1,3-4,8,11-14H2/t17-,18-/m1/s1. The molecule has 1 heterocycles.